The molecule has 0 spiro atoms. The second-order valence-corrected chi connectivity index (χ2v) is 2.61. The quantitative estimate of drug-likeness (QED) is 0.642. The van der Waals surface area contributed by atoms with Gasteiger partial charge in [-0.3, -0.25) is 4.79 Å². The summed E-state index contributed by atoms with van der Waals surface area (Å²) in [5, 5.41) is 1.78. The fourth-order valence-corrected chi connectivity index (χ4v) is 1.15. The summed E-state index contributed by atoms with van der Waals surface area (Å²) >= 11 is 1.27. The molecule has 3 nitrogen and oxygen atoms in total. The predicted octanol–water partition coefficient (Wildman–Crippen LogP) is 1.36. The Hall–Kier alpha value is -0.740. The molecule has 1 heterocycles. The molecule has 1 rings (SSSR count). The van der Waals surface area contributed by atoms with Gasteiger partial charge in [-0.25, -0.2) is 0 Å². The molecule has 0 radical (unpaired) electrons. The third-order valence-electron chi connectivity index (χ3n) is 1.16. The van der Waals surface area contributed by atoms with E-state index in [9.17, 15) is 4.79 Å². The van der Waals surface area contributed by atoms with Gasteiger partial charge < -0.3 is 4.74 Å². The zero-order valence-corrected chi connectivity index (χ0v) is 7.06. The topological polar surface area (TPSA) is 39.2 Å². The number of hydrogen-bond acceptors (Lipinski definition) is 4. The van der Waals surface area contributed by atoms with Crippen LogP contribution in [0.4, 0.5) is 0 Å². The van der Waals surface area contributed by atoms with Gasteiger partial charge in [0.25, 0.3) is 0 Å². The van der Waals surface area contributed by atoms with Crippen LogP contribution in [0.15, 0.2) is 11.4 Å². The third kappa shape index (κ3) is 2.40. The van der Waals surface area contributed by atoms with Gasteiger partial charge in [0, 0.05) is 12.0 Å². The highest BCUT2D eigenvalue weighted by atomic mass is 32.1. The first-order chi connectivity index (χ1) is 5.34. The van der Waals surface area contributed by atoms with Crippen LogP contribution in [0, 0.1) is 0 Å². The fraction of sp³-hybridized carbons (Fsp3) is 0.429. The largest absolute Gasteiger partial charge is 0.374 e. The second-order valence-electron chi connectivity index (χ2n) is 1.94. The summed E-state index contributed by atoms with van der Waals surface area (Å²) in [7, 11) is 0. The smallest absolute Gasteiger partial charge is 0.207 e. The van der Waals surface area contributed by atoms with Gasteiger partial charge in [0.1, 0.15) is 12.3 Å². The molecular formula is C7H9NO2S. The van der Waals surface area contributed by atoms with E-state index in [1.54, 1.807) is 11.4 Å². The number of Topliss-reactive ketones (excluding diaryl/α,β-unsaturated/α-hetero) is 1. The first-order valence-electron chi connectivity index (χ1n) is 3.36. The van der Waals surface area contributed by atoms with Gasteiger partial charge in [-0.1, -0.05) is 0 Å². The summed E-state index contributed by atoms with van der Waals surface area (Å²) in [6, 6.07) is 1.70. The molecule has 0 aliphatic rings. The Kier molecular flexibility index (Phi) is 3.19. The van der Waals surface area contributed by atoms with E-state index in [1.807, 2.05) is 6.92 Å². The minimum Gasteiger partial charge on any atom is -0.374 e. The minimum absolute atomic E-state index is 0.0481. The summed E-state index contributed by atoms with van der Waals surface area (Å²) in [6.07, 6.45) is 0. The number of ketones is 1. The highest BCUT2D eigenvalue weighted by Crippen LogP contribution is 2.00. The summed E-state index contributed by atoms with van der Waals surface area (Å²) in [4.78, 5) is 11.1. The van der Waals surface area contributed by atoms with Crippen molar-refractivity contribution in [3.63, 3.8) is 0 Å². The molecule has 1 aromatic heterocycles. The van der Waals surface area contributed by atoms with Crippen molar-refractivity contribution in [1.29, 1.82) is 0 Å². The van der Waals surface area contributed by atoms with Crippen molar-refractivity contribution in [2.75, 3.05) is 13.2 Å². The van der Waals surface area contributed by atoms with E-state index < -0.39 is 0 Å². The highest BCUT2D eigenvalue weighted by molar-refractivity contribution is 7.03. The second kappa shape index (κ2) is 4.20. The van der Waals surface area contributed by atoms with Crippen LogP contribution < -0.4 is 0 Å². The Morgan fingerprint density at radius 3 is 3.18 bits per heavy atom. The van der Waals surface area contributed by atoms with E-state index in [1.165, 1.54) is 11.5 Å². The van der Waals surface area contributed by atoms with Crippen LogP contribution in [0.3, 0.4) is 0 Å². The molecule has 1 aromatic rings. The van der Waals surface area contributed by atoms with Gasteiger partial charge in [-0.15, -0.1) is 0 Å². The number of nitrogens with zero attached hydrogens (tertiary/aromatic N) is 1. The van der Waals surface area contributed by atoms with Crippen molar-refractivity contribution in [3.8, 4) is 0 Å². The van der Waals surface area contributed by atoms with Crippen molar-refractivity contribution in [2.45, 2.75) is 6.92 Å². The maximum absolute atomic E-state index is 11.1. The van der Waals surface area contributed by atoms with Crippen LogP contribution in [0.1, 0.15) is 17.4 Å². The van der Waals surface area contributed by atoms with Gasteiger partial charge in [-0.05, 0) is 24.5 Å². The van der Waals surface area contributed by atoms with E-state index in [0.29, 0.717) is 12.3 Å². The standard InChI is InChI=1S/C7H9NO2S/c1-2-10-5-7(9)6-3-4-11-8-6/h3-4H,2,5H2,1H3. The van der Waals surface area contributed by atoms with Gasteiger partial charge in [0.15, 0.2) is 0 Å². The molecule has 0 aromatic carbocycles. The first-order valence-corrected chi connectivity index (χ1v) is 4.19. The summed E-state index contributed by atoms with van der Waals surface area (Å²) < 4.78 is 8.82. The van der Waals surface area contributed by atoms with Crippen molar-refractivity contribution in [2.24, 2.45) is 0 Å². The van der Waals surface area contributed by atoms with E-state index in [2.05, 4.69) is 4.37 Å². The Balaban J connectivity index is 2.43. The molecule has 0 saturated heterocycles. The molecule has 0 bridgehead atoms. The summed E-state index contributed by atoms with van der Waals surface area (Å²) in [5.41, 5.74) is 0.503. The van der Waals surface area contributed by atoms with E-state index in [4.69, 9.17) is 4.74 Å². The Bertz CT molecular complexity index is 220. The average Bonchev–Trinajstić information content (AvgIpc) is 2.52. The number of carbonyl (C=O) groups is 1. The minimum atomic E-state index is -0.0481. The molecule has 0 unspecified atom stereocenters. The Morgan fingerprint density at radius 1 is 1.82 bits per heavy atom. The molecule has 4 heteroatoms. The van der Waals surface area contributed by atoms with Crippen molar-refractivity contribution < 1.29 is 9.53 Å². The molecule has 0 amide bonds. The maximum Gasteiger partial charge on any atom is 0.207 e. The van der Waals surface area contributed by atoms with Gasteiger partial charge in [0.2, 0.25) is 5.78 Å². The molecule has 0 fully saturated rings. The van der Waals surface area contributed by atoms with Crippen LogP contribution in [-0.2, 0) is 4.74 Å². The lowest BCUT2D eigenvalue weighted by Gasteiger charge is -1.95. The number of rotatable bonds is 4. The Morgan fingerprint density at radius 2 is 2.64 bits per heavy atom. The van der Waals surface area contributed by atoms with Crippen molar-refractivity contribution in [3.05, 3.63) is 17.1 Å². The molecular weight excluding hydrogens is 162 g/mol. The Labute approximate surface area is 69.2 Å². The fourth-order valence-electron chi connectivity index (χ4n) is 0.625. The lowest BCUT2D eigenvalue weighted by Crippen LogP contribution is -2.08. The molecule has 0 aliphatic carbocycles. The molecule has 60 valence electrons. The molecule has 0 N–H and O–H groups in total. The lowest BCUT2D eigenvalue weighted by molar-refractivity contribution is 0.0779. The lowest BCUT2D eigenvalue weighted by atomic mass is 10.3. The molecule has 11 heavy (non-hydrogen) atoms. The van der Waals surface area contributed by atoms with Gasteiger partial charge in [-0.2, -0.15) is 4.37 Å². The zero-order valence-electron chi connectivity index (χ0n) is 6.24. The molecule has 0 aliphatic heterocycles. The average molecular weight is 171 g/mol. The van der Waals surface area contributed by atoms with E-state index in [-0.39, 0.29) is 12.4 Å². The van der Waals surface area contributed by atoms with Crippen molar-refractivity contribution in [1.82, 2.24) is 4.37 Å². The number of carbonyl (C=O) groups excluding carboxylic acids is 1. The number of aromatic nitrogens is 1. The van der Waals surface area contributed by atoms with E-state index in [0.717, 1.165) is 0 Å². The van der Waals surface area contributed by atoms with Gasteiger partial charge >= 0.3 is 0 Å². The SMILES string of the molecule is CCOCC(=O)c1ccsn1. The predicted molar refractivity (Wildman–Crippen MR) is 42.9 cm³/mol. The number of hydrogen-bond donors (Lipinski definition) is 0. The molecule has 0 atom stereocenters. The van der Waals surface area contributed by atoms with Crippen LogP contribution in [0.5, 0.6) is 0 Å². The van der Waals surface area contributed by atoms with Crippen LogP contribution in [0.2, 0.25) is 0 Å². The number of ether oxygens (including phenoxy) is 1. The third-order valence-corrected chi connectivity index (χ3v) is 1.72. The van der Waals surface area contributed by atoms with Crippen LogP contribution in [0.25, 0.3) is 0 Å². The van der Waals surface area contributed by atoms with Crippen molar-refractivity contribution >= 4 is 17.3 Å². The van der Waals surface area contributed by atoms with Crippen LogP contribution in [-0.4, -0.2) is 23.4 Å². The molecule has 0 saturated carbocycles. The first kappa shape index (κ1) is 8.36. The summed E-state index contributed by atoms with van der Waals surface area (Å²) in [5.74, 6) is -0.0481. The zero-order chi connectivity index (χ0) is 8.10. The van der Waals surface area contributed by atoms with Gasteiger partial charge in [0.05, 0.1) is 0 Å². The summed E-state index contributed by atoms with van der Waals surface area (Å²) in [6.45, 7) is 2.56. The van der Waals surface area contributed by atoms with Crippen LogP contribution >= 0.6 is 11.5 Å². The highest BCUT2D eigenvalue weighted by Gasteiger charge is 2.06. The van der Waals surface area contributed by atoms with E-state index >= 15 is 0 Å². The normalized spacial score (nSPS) is 9.91. The monoisotopic (exact) mass is 171 g/mol. The maximum atomic E-state index is 11.1.